The molecule has 1 aliphatic heterocycles. The van der Waals surface area contributed by atoms with Crippen molar-refractivity contribution >= 4 is 17.7 Å². The molecule has 2 heterocycles. The Labute approximate surface area is 129 Å². The molecule has 0 bridgehead atoms. The molecule has 7 nitrogen and oxygen atoms in total. The number of carboxylic acid groups (broad SMARTS) is 1. The van der Waals surface area contributed by atoms with Gasteiger partial charge in [-0.25, -0.2) is 4.98 Å². The summed E-state index contributed by atoms with van der Waals surface area (Å²) in [7, 11) is 0. The normalized spacial score (nSPS) is 23.0. The average molecular weight is 307 g/mol. The van der Waals surface area contributed by atoms with Crippen LogP contribution < -0.4 is 10.2 Å². The lowest BCUT2D eigenvalue weighted by atomic mass is 10.2. The van der Waals surface area contributed by atoms with Crippen LogP contribution >= 0.6 is 0 Å². The lowest BCUT2D eigenvalue weighted by Crippen LogP contribution is -2.45. The van der Waals surface area contributed by atoms with Gasteiger partial charge in [0.05, 0.1) is 17.8 Å². The molecule has 1 fully saturated rings. The Kier molecular flexibility index (Phi) is 4.97. The summed E-state index contributed by atoms with van der Waals surface area (Å²) < 4.78 is 5.68. The van der Waals surface area contributed by atoms with Gasteiger partial charge in [0.25, 0.3) is 5.91 Å². The predicted octanol–water partition coefficient (Wildman–Crippen LogP) is 0.898. The molecule has 3 atom stereocenters. The topological polar surface area (TPSA) is 91.8 Å². The quantitative estimate of drug-likeness (QED) is 0.858. The monoisotopic (exact) mass is 307 g/mol. The molecule has 0 aliphatic carbocycles. The van der Waals surface area contributed by atoms with Gasteiger partial charge in [0.2, 0.25) is 0 Å². The van der Waals surface area contributed by atoms with Crippen molar-refractivity contribution in [3.8, 4) is 0 Å². The molecule has 1 aromatic rings. The lowest BCUT2D eigenvalue weighted by molar-refractivity contribution is -0.138. The summed E-state index contributed by atoms with van der Waals surface area (Å²) in [6.45, 7) is 6.94. The van der Waals surface area contributed by atoms with Crippen LogP contribution in [0.3, 0.4) is 0 Å². The van der Waals surface area contributed by atoms with E-state index in [1.54, 1.807) is 12.1 Å². The summed E-state index contributed by atoms with van der Waals surface area (Å²) >= 11 is 0. The van der Waals surface area contributed by atoms with Gasteiger partial charge in [0, 0.05) is 19.3 Å². The maximum Gasteiger partial charge on any atom is 0.325 e. The number of amides is 1. The number of rotatable bonds is 4. The number of aromatic nitrogens is 1. The number of nitrogens with zero attached hydrogens (tertiary/aromatic N) is 2. The fourth-order valence-corrected chi connectivity index (χ4v) is 2.41. The van der Waals surface area contributed by atoms with Crippen molar-refractivity contribution < 1.29 is 19.4 Å². The predicted molar refractivity (Wildman–Crippen MR) is 81.0 cm³/mol. The van der Waals surface area contributed by atoms with E-state index in [9.17, 15) is 9.59 Å². The van der Waals surface area contributed by atoms with E-state index < -0.39 is 17.9 Å². The number of hydrogen-bond acceptors (Lipinski definition) is 5. The second kappa shape index (κ2) is 6.74. The van der Waals surface area contributed by atoms with Crippen LogP contribution in [0.15, 0.2) is 18.3 Å². The number of anilines is 1. The molecule has 120 valence electrons. The molecule has 0 radical (unpaired) electrons. The Morgan fingerprint density at radius 2 is 2.00 bits per heavy atom. The van der Waals surface area contributed by atoms with E-state index in [1.807, 2.05) is 13.8 Å². The number of carbonyl (C=O) groups excluding carboxylic acids is 1. The number of morpholine rings is 1. The number of carbonyl (C=O) groups is 2. The van der Waals surface area contributed by atoms with Gasteiger partial charge in [-0.3, -0.25) is 9.59 Å². The highest BCUT2D eigenvalue weighted by molar-refractivity contribution is 5.96. The summed E-state index contributed by atoms with van der Waals surface area (Å²) in [4.78, 5) is 29.1. The van der Waals surface area contributed by atoms with Crippen LogP contribution in [0.25, 0.3) is 0 Å². The zero-order chi connectivity index (χ0) is 16.3. The molecule has 1 amide bonds. The van der Waals surface area contributed by atoms with Gasteiger partial charge in [-0.1, -0.05) is 0 Å². The zero-order valence-electron chi connectivity index (χ0n) is 12.9. The fraction of sp³-hybridized carbons (Fsp3) is 0.533. The summed E-state index contributed by atoms with van der Waals surface area (Å²) in [6.07, 6.45) is 1.72. The van der Waals surface area contributed by atoms with Crippen molar-refractivity contribution in [1.82, 2.24) is 10.3 Å². The molecule has 7 heteroatoms. The van der Waals surface area contributed by atoms with Gasteiger partial charge in [0.15, 0.2) is 0 Å². The van der Waals surface area contributed by atoms with Crippen molar-refractivity contribution in [1.29, 1.82) is 0 Å². The summed E-state index contributed by atoms with van der Waals surface area (Å²) in [5, 5.41) is 11.2. The number of carboxylic acids is 1. The van der Waals surface area contributed by atoms with Crippen molar-refractivity contribution in [2.24, 2.45) is 0 Å². The fourth-order valence-electron chi connectivity index (χ4n) is 2.41. The summed E-state index contributed by atoms with van der Waals surface area (Å²) in [5.74, 6) is -0.739. The summed E-state index contributed by atoms with van der Waals surface area (Å²) in [6, 6.07) is 2.48. The van der Waals surface area contributed by atoms with Crippen molar-refractivity contribution in [3.05, 3.63) is 23.9 Å². The van der Waals surface area contributed by atoms with Crippen LogP contribution in [-0.2, 0) is 9.53 Å². The van der Waals surface area contributed by atoms with E-state index in [0.717, 1.165) is 18.9 Å². The van der Waals surface area contributed by atoms with E-state index >= 15 is 0 Å². The number of hydrogen-bond donors (Lipinski definition) is 2. The smallest absolute Gasteiger partial charge is 0.325 e. The van der Waals surface area contributed by atoms with Gasteiger partial charge in [-0.2, -0.15) is 0 Å². The largest absolute Gasteiger partial charge is 0.480 e. The second-order valence-electron chi connectivity index (χ2n) is 5.60. The third-order valence-electron chi connectivity index (χ3n) is 3.47. The third-order valence-corrected chi connectivity index (χ3v) is 3.47. The number of pyridine rings is 1. The highest BCUT2D eigenvalue weighted by Crippen LogP contribution is 2.18. The first-order valence-electron chi connectivity index (χ1n) is 7.27. The molecule has 0 aromatic carbocycles. The highest BCUT2D eigenvalue weighted by Gasteiger charge is 2.23. The Morgan fingerprint density at radius 1 is 1.36 bits per heavy atom. The molecule has 2 unspecified atom stereocenters. The number of ether oxygens (including phenoxy) is 1. The van der Waals surface area contributed by atoms with E-state index in [1.165, 1.54) is 13.1 Å². The van der Waals surface area contributed by atoms with Crippen LogP contribution in [0.2, 0.25) is 0 Å². The first-order chi connectivity index (χ1) is 10.4. The average Bonchev–Trinajstić information content (AvgIpc) is 2.46. The molecule has 2 N–H and O–H groups in total. The number of nitrogens with one attached hydrogen (secondary N) is 1. The van der Waals surface area contributed by atoms with Crippen LogP contribution in [0, 0.1) is 0 Å². The van der Waals surface area contributed by atoms with E-state index in [2.05, 4.69) is 15.2 Å². The molecule has 2 rings (SSSR count). The third kappa shape index (κ3) is 3.94. The molecule has 1 saturated heterocycles. The van der Waals surface area contributed by atoms with Crippen LogP contribution in [-0.4, -0.2) is 53.3 Å². The van der Waals surface area contributed by atoms with Gasteiger partial charge in [0.1, 0.15) is 11.9 Å². The molecule has 0 saturated carbocycles. The first kappa shape index (κ1) is 16.2. The molecule has 0 spiro atoms. The molecule has 1 aliphatic rings. The van der Waals surface area contributed by atoms with Gasteiger partial charge in [-0.15, -0.1) is 0 Å². The van der Waals surface area contributed by atoms with Crippen molar-refractivity contribution in [2.45, 2.75) is 39.0 Å². The second-order valence-corrected chi connectivity index (χ2v) is 5.60. The maximum atomic E-state index is 11.9. The highest BCUT2D eigenvalue weighted by atomic mass is 16.5. The van der Waals surface area contributed by atoms with Crippen molar-refractivity contribution in [2.75, 3.05) is 18.0 Å². The Bertz CT molecular complexity index is 536. The Morgan fingerprint density at radius 3 is 2.50 bits per heavy atom. The Hall–Kier alpha value is -2.15. The van der Waals surface area contributed by atoms with Gasteiger partial charge < -0.3 is 20.1 Å². The molecule has 1 aromatic heterocycles. The first-order valence-corrected chi connectivity index (χ1v) is 7.27. The maximum absolute atomic E-state index is 11.9. The minimum Gasteiger partial charge on any atom is -0.480 e. The van der Waals surface area contributed by atoms with Crippen LogP contribution in [0.4, 0.5) is 5.82 Å². The Balaban J connectivity index is 2.03. The summed E-state index contributed by atoms with van der Waals surface area (Å²) in [5.41, 5.74) is 0.339. The number of aliphatic carboxylic acids is 1. The standard InChI is InChI=1S/C15H21N3O4/c1-9-7-18(8-10(2)22-9)13-5-4-12(6-16-13)14(19)17-11(3)15(20)21/h4-6,9-11H,7-8H2,1-3H3,(H,17,19)(H,20,21)/t9?,10?,11-/m0/s1. The molecule has 22 heavy (non-hydrogen) atoms. The minimum atomic E-state index is -1.07. The van der Waals surface area contributed by atoms with E-state index in [4.69, 9.17) is 9.84 Å². The lowest BCUT2D eigenvalue weighted by Gasteiger charge is -2.36. The van der Waals surface area contributed by atoms with Gasteiger partial charge in [-0.05, 0) is 32.9 Å². The van der Waals surface area contributed by atoms with E-state index in [-0.39, 0.29) is 12.2 Å². The SMILES string of the molecule is CC1CN(c2ccc(C(=O)N[C@@H](C)C(=O)O)cn2)CC(C)O1. The van der Waals surface area contributed by atoms with E-state index in [0.29, 0.717) is 5.56 Å². The minimum absolute atomic E-state index is 0.130. The molecular formula is C15H21N3O4. The zero-order valence-corrected chi connectivity index (χ0v) is 12.9. The van der Waals surface area contributed by atoms with Crippen LogP contribution in [0.5, 0.6) is 0 Å². The van der Waals surface area contributed by atoms with Gasteiger partial charge >= 0.3 is 5.97 Å². The van der Waals surface area contributed by atoms with Crippen LogP contribution in [0.1, 0.15) is 31.1 Å². The molecular weight excluding hydrogens is 286 g/mol. The van der Waals surface area contributed by atoms with Crippen molar-refractivity contribution in [3.63, 3.8) is 0 Å².